The standard InChI is InChI=1S/C19H21N3O5S2/c23-19-11-14-28(24,25)22(19)17-7-9-18(10-8-17)29(26,27)20-15-3-5-16(6-4-15)21-12-1-2-13-21/h3-10,20H,1-2,11-14H2. The van der Waals surface area contributed by atoms with Crippen molar-refractivity contribution in [2.75, 3.05) is 32.8 Å². The summed E-state index contributed by atoms with van der Waals surface area (Å²) in [5.41, 5.74) is 1.64. The molecule has 29 heavy (non-hydrogen) atoms. The minimum Gasteiger partial charge on any atom is -0.372 e. The van der Waals surface area contributed by atoms with Gasteiger partial charge in [0.05, 0.1) is 16.3 Å². The van der Waals surface area contributed by atoms with E-state index in [0.29, 0.717) is 5.69 Å². The van der Waals surface area contributed by atoms with Gasteiger partial charge in [0.1, 0.15) is 0 Å². The Bertz CT molecular complexity index is 1120. The Labute approximate surface area is 170 Å². The Morgan fingerprint density at radius 1 is 0.862 bits per heavy atom. The lowest BCUT2D eigenvalue weighted by Crippen LogP contribution is -2.29. The highest BCUT2D eigenvalue weighted by Gasteiger charge is 2.36. The molecule has 2 aromatic rings. The molecule has 0 aromatic heterocycles. The van der Waals surface area contributed by atoms with Crippen LogP contribution in [0.3, 0.4) is 0 Å². The number of sulfonamides is 2. The van der Waals surface area contributed by atoms with Crippen LogP contribution in [0, 0.1) is 0 Å². The zero-order valence-electron chi connectivity index (χ0n) is 15.6. The summed E-state index contributed by atoms with van der Waals surface area (Å²) < 4.78 is 52.5. The van der Waals surface area contributed by atoms with Gasteiger partial charge in [0.25, 0.3) is 10.0 Å². The second-order valence-corrected chi connectivity index (χ2v) is 10.7. The molecule has 2 aliphatic rings. The summed E-state index contributed by atoms with van der Waals surface area (Å²) in [7, 11) is -7.53. The summed E-state index contributed by atoms with van der Waals surface area (Å²) in [6, 6.07) is 12.4. The van der Waals surface area contributed by atoms with Crippen molar-refractivity contribution in [1.82, 2.24) is 0 Å². The van der Waals surface area contributed by atoms with E-state index in [1.807, 2.05) is 12.1 Å². The van der Waals surface area contributed by atoms with Crippen LogP contribution >= 0.6 is 0 Å². The minimum atomic E-state index is -3.84. The lowest BCUT2D eigenvalue weighted by atomic mass is 10.2. The molecule has 0 atom stereocenters. The highest BCUT2D eigenvalue weighted by Crippen LogP contribution is 2.27. The highest BCUT2D eigenvalue weighted by atomic mass is 32.2. The first-order valence-electron chi connectivity index (χ1n) is 9.30. The third kappa shape index (κ3) is 3.95. The maximum absolute atomic E-state index is 12.6. The van der Waals surface area contributed by atoms with Crippen molar-refractivity contribution < 1.29 is 21.6 Å². The first-order chi connectivity index (χ1) is 13.8. The van der Waals surface area contributed by atoms with Gasteiger partial charge < -0.3 is 4.90 Å². The first-order valence-corrected chi connectivity index (χ1v) is 12.4. The molecule has 1 amide bonds. The second-order valence-electron chi connectivity index (χ2n) is 7.06. The van der Waals surface area contributed by atoms with Gasteiger partial charge in [-0.3, -0.25) is 9.52 Å². The second kappa shape index (κ2) is 7.34. The fourth-order valence-corrected chi connectivity index (χ4v) is 6.08. The molecule has 154 valence electrons. The van der Waals surface area contributed by atoms with Crippen LogP contribution < -0.4 is 13.9 Å². The van der Waals surface area contributed by atoms with Crippen molar-refractivity contribution in [1.29, 1.82) is 0 Å². The zero-order chi connectivity index (χ0) is 20.6. The molecule has 2 saturated heterocycles. The third-order valence-electron chi connectivity index (χ3n) is 5.05. The molecule has 0 aliphatic carbocycles. The van der Waals surface area contributed by atoms with Crippen LogP contribution in [0.2, 0.25) is 0 Å². The summed E-state index contributed by atoms with van der Waals surface area (Å²) in [6.45, 7) is 2.01. The average molecular weight is 436 g/mol. The molecule has 0 unspecified atom stereocenters. The monoisotopic (exact) mass is 435 g/mol. The number of nitrogens with one attached hydrogen (secondary N) is 1. The van der Waals surface area contributed by atoms with Gasteiger partial charge in [0.2, 0.25) is 15.9 Å². The van der Waals surface area contributed by atoms with E-state index in [1.165, 1.54) is 24.3 Å². The van der Waals surface area contributed by atoms with E-state index in [-0.39, 0.29) is 22.8 Å². The van der Waals surface area contributed by atoms with E-state index in [2.05, 4.69) is 9.62 Å². The number of hydrogen-bond donors (Lipinski definition) is 1. The van der Waals surface area contributed by atoms with Gasteiger partial charge in [-0.1, -0.05) is 0 Å². The number of nitrogens with zero attached hydrogens (tertiary/aromatic N) is 2. The van der Waals surface area contributed by atoms with Gasteiger partial charge in [-0.15, -0.1) is 0 Å². The number of anilines is 3. The van der Waals surface area contributed by atoms with Crippen LogP contribution in [0.4, 0.5) is 17.1 Å². The molecule has 2 fully saturated rings. The molecule has 8 nitrogen and oxygen atoms in total. The summed E-state index contributed by atoms with van der Waals surface area (Å²) >= 11 is 0. The maximum Gasteiger partial charge on any atom is 0.261 e. The largest absolute Gasteiger partial charge is 0.372 e. The van der Waals surface area contributed by atoms with Crippen LogP contribution in [-0.2, 0) is 24.8 Å². The van der Waals surface area contributed by atoms with E-state index in [4.69, 9.17) is 0 Å². The van der Waals surface area contributed by atoms with E-state index in [9.17, 15) is 21.6 Å². The molecule has 0 radical (unpaired) electrons. The summed E-state index contributed by atoms with van der Waals surface area (Å²) in [4.78, 5) is 14.1. The fourth-order valence-electron chi connectivity index (χ4n) is 3.56. The Kier molecular flexibility index (Phi) is 4.99. The average Bonchev–Trinajstić information content (AvgIpc) is 3.30. The number of carbonyl (C=O) groups is 1. The van der Waals surface area contributed by atoms with Gasteiger partial charge in [-0.05, 0) is 61.4 Å². The molecule has 0 saturated carbocycles. The van der Waals surface area contributed by atoms with Crippen molar-refractivity contribution in [3.05, 3.63) is 48.5 Å². The number of rotatable bonds is 5. The molecular formula is C19H21N3O5S2. The van der Waals surface area contributed by atoms with E-state index < -0.39 is 26.0 Å². The number of hydrogen-bond acceptors (Lipinski definition) is 6. The summed E-state index contributed by atoms with van der Waals surface area (Å²) in [5, 5.41) is 0. The molecule has 2 heterocycles. The van der Waals surface area contributed by atoms with Crippen molar-refractivity contribution in [3.8, 4) is 0 Å². The smallest absolute Gasteiger partial charge is 0.261 e. The van der Waals surface area contributed by atoms with Crippen molar-refractivity contribution in [2.45, 2.75) is 24.2 Å². The molecule has 10 heteroatoms. The van der Waals surface area contributed by atoms with Gasteiger partial charge in [-0.25, -0.2) is 21.1 Å². The predicted octanol–water partition coefficient (Wildman–Crippen LogP) is 2.15. The Morgan fingerprint density at radius 2 is 1.45 bits per heavy atom. The molecule has 2 aromatic carbocycles. The van der Waals surface area contributed by atoms with Crippen LogP contribution in [-0.4, -0.2) is 41.6 Å². The normalized spacial score (nSPS) is 19.0. The molecule has 1 N–H and O–H groups in total. The Balaban J connectivity index is 1.51. The number of benzene rings is 2. The van der Waals surface area contributed by atoms with Crippen LogP contribution in [0.15, 0.2) is 53.4 Å². The van der Waals surface area contributed by atoms with E-state index >= 15 is 0 Å². The molecule has 4 rings (SSSR count). The van der Waals surface area contributed by atoms with Crippen molar-refractivity contribution in [2.24, 2.45) is 0 Å². The lowest BCUT2D eigenvalue weighted by molar-refractivity contribution is -0.116. The summed E-state index contributed by atoms with van der Waals surface area (Å²) in [6.07, 6.45) is 2.25. The van der Waals surface area contributed by atoms with Crippen molar-refractivity contribution >= 4 is 43.0 Å². The SMILES string of the molecule is O=C1CCS(=O)(=O)N1c1ccc(S(=O)(=O)Nc2ccc(N3CCCC3)cc2)cc1. The summed E-state index contributed by atoms with van der Waals surface area (Å²) in [5.74, 6) is -0.752. The topological polar surface area (TPSA) is 104 Å². The lowest BCUT2D eigenvalue weighted by Gasteiger charge is -2.18. The third-order valence-corrected chi connectivity index (χ3v) is 8.14. The number of amides is 1. The zero-order valence-corrected chi connectivity index (χ0v) is 17.2. The molecule has 2 aliphatic heterocycles. The van der Waals surface area contributed by atoms with Gasteiger partial charge >= 0.3 is 0 Å². The first kappa shape index (κ1) is 19.7. The van der Waals surface area contributed by atoms with Crippen LogP contribution in [0.5, 0.6) is 0 Å². The maximum atomic E-state index is 12.6. The van der Waals surface area contributed by atoms with E-state index in [0.717, 1.165) is 35.9 Å². The van der Waals surface area contributed by atoms with Crippen LogP contribution in [0.1, 0.15) is 19.3 Å². The predicted molar refractivity (Wildman–Crippen MR) is 111 cm³/mol. The van der Waals surface area contributed by atoms with Gasteiger partial charge in [-0.2, -0.15) is 0 Å². The minimum absolute atomic E-state index is 0.0195. The molecule has 0 bridgehead atoms. The Hall–Kier alpha value is -2.59. The van der Waals surface area contributed by atoms with Crippen LogP contribution in [0.25, 0.3) is 0 Å². The van der Waals surface area contributed by atoms with E-state index in [1.54, 1.807) is 12.1 Å². The fraction of sp³-hybridized carbons (Fsp3) is 0.316. The Morgan fingerprint density at radius 3 is 2.00 bits per heavy atom. The number of carbonyl (C=O) groups excluding carboxylic acids is 1. The van der Waals surface area contributed by atoms with Crippen molar-refractivity contribution in [3.63, 3.8) is 0 Å². The molecule has 0 spiro atoms. The highest BCUT2D eigenvalue weighted by molar-refractivity contribution is 7.94. The van der Waals surface area contributed by atoms with Gasteiger partial charge in [0.15, 0.2) is 0 Å². The van der Waals surface area contributed by atoms with Gasteiger partial charge in [0, 0.05) is 30.9 Å². The molecular weight excluding hydrogens is 414 g/mol. The quantitative estimate of drug-likeness (QED) is 0.772.